The molecule has 0 saturated heterocycles. The van der Waals surface area contributed by atoms with Gasteiger partial charge >= 0.3 is 0 Å². The summed E-state index contributed by atoms with van der Waals surface area (Å²) in [6.07, 6.45) is 1.89. The van der Waals surface area contributed by atoms with Crippen molar-refractivity contribution in [2.45, 2.75) is 11.8 Å². The number of rotatable bonds is 2. The molecule has 13 heavy (non-hydrogen) atoms. The van der Waals surface area contributed by atoms with Gasteiger partial charge < -0.3 is 5.32 Å². The van der Waals surface area contributed by atoms with Crippen molar-refractivity contribution in [3.05, 3.63) is 35.4 Å². The summed E-state index contributed by atoms with van der Waals surface area (Å²) in [5, 5.41) is 2.98. The van der Waals surface area contributed by atoms with E-state index in [0.29, 0.717) is 0 Å². The Bertz CT molecular complexity index is 314. The van der Waals surface area contributed by atoms with Gasteiger partial charge in [0.15, 0.2) is 0 Å². The van der Waals surface area contributed by atoms with E-state index in [9.17, 15) is 4.79 Å². The van der Waals surface area contributed by atoms with E-state index in [0.717, 1.165) is 18.6 Å². The van der Waals surface area contributed by atoms with E-state index in [1.54, 1.807) is 11.8 Å². The standard InChI is InChI=1S/C10H11NOS/c12-7-11-10-9-4-2-1-3-8(9)5-6-13-10/h1-4,7,10H,5-6H2,(H,11,12). The van der Waals surface area contributed by atoms with Gasteiger partial charge in [0.1, 0.15) is 5.37 Å². The van der Waals surface area contributed by atoms with Crippen LogP contribution < -0.4 is 5.32 Å². The molecule has 0 spiro atoms. The number of aryl methyl sites for hydroxylation is 1. The summed E-state index contributed by atoms with van der Waals surface area (Å²) in [5.74, 6) is 1.09. The van der Waals surface area contributed by atoms with Crippen LogP contribution in [0.15, 0.2) is 24.3 Å². The second-order valence-electron chi connectivity index (χ2n) is 2.98. The first-order valence-electron chi connectivity index (χ1n) is 4.31. The molecule has 2 rings (SSSR count). The molecule has 1 atom stereocenters. The van der Waals surface area contributed by atoms with Gasteiger partial charge in [0.05, 0.1) is 0 Å². The lowest BCUT2D eigenvalue weighted by atomic mass is 10.0. The van der Waals surface area contributed by atoms with Crippen LogP contribution in [0.3, 0.4) is 0 Å². The number of thioether (sulfide) groups is 1. The van der Waals surface area contributed by atoms with Crippen molar-refractivity contribution in [3.8, 4) is 0 Å². The number of hydrogen-bond donors (Lipinski definition) is 1. The summed E-state index contributed by atoms with van der Waals surface area (Å²) in [4.78, 5) is 10.4. The highest BCUT2D eigenvalue weighted by molar-refractivity contribution is 7.99. The van der Waals surface area contributed by atoms with Crippen LogP contribution in [-0.2, 0) is 11.2 Å². The molecule has 2 nitrogen and oxygen atoms in total. The van der Waals surface area contributed by atoms with Gasteiger partial charge in [-0.2, -0.15) is 0 Å². The van der Waals surface area contributed by atoms with Crippen LogP contribution in [0.4, 0.5) is 0 Å². The van der Waals surface area contributed by atoms with Gasteiger partial charge in [-0.15, -0.1) is 11.8 Å². The van der Waals surface area contributed by atoms with Crippen LogP contribution in [0.5, 0.6) is 0 Å². The molecule has 1 heterocycles. The summed E-state index contributed by atoms with van der Waals surface area (Å²) in [5.41, 5.74) is 2.62. The molecule has 3 heteroatoms. The van der Waals surface area contributed by atoms with Crippen molar-refractivity contribution >= 4 is 18.2 Å². The molecule has 1 unspecified atom stereocenters. The third-order valence-electron chi connectivity index (χ3n) is 2.21. The van der Waals surface area contributed by atoms with Crippen molar-refractivity contribution in [1.82, 2.24) is 5.32 Å². The largest absolute Gasteiger partial charge is 0.343 e. The molecular weight excluding hydrogens is 182 g/mol. The number of carbonyl (C=O) groups is 1. The van der Waals surface area contributed by atoms with E-state index in [2.05, 4.69) is 17.4 Å². The normalized spacial score (nSPS) is 20.5. The quantitative estimate of drug-likeness (QED) is 0.725. The van der Waals surface area contributed by atoms with Gasteiger partial charge in [-0.25, -0.2) is 0 Å². The average molecular weight is 193 g/mol. The molecule has 0 fully saturated rings. The maximum absolute atomic E-state index is 10.4. The third-order valence-corrected chi connectivity index (χ3v) is 3.38. The smallest absolute Gasteiger partial charge is 0.208 e. The molecule has 0 aliphatic carbocycles. The van der Waals surface area contributed by atoms with Gasteiger partial charge in [-0.1, -0.05) is 24.3 Å². The molecule has 1 aliphatic rings. The Labute approximate surface area is 81.7 Å². The van der Waals surface area contributed by atoms with E-state index in [1.165, 1.54) is 11.1 Å². The first-order valence-corrected chi connectivity index (χ1v) is 5.36. The average Bonchev–Trinajstić information content (AvgIpc) is 2.19. The van der Waals surface area contributed by atoms with Crippen LogP contribution in [0.1, 0.15) is 16.5 Å². The molecule has 0 saturated carbocycles. The lowest BCUT2D eigenvalue weighted by molar-refractivity contribution is -0.109. The Kier molecular flexibility index (Phi) is 2.54. The number of nitrogens with one attached hydrogen (secondary N) is 1. The van der Waals surface area contributed by atoms with E-state index >= 15 is 0 Å². The molecule has 1 aromatic carbocycles. The van der Waals surface area contributed by atoms with Crippen molar-refractivity contribution in [1.29, 1.82) is 0 Å². The van der Waals surface area contributed by atoms with Crippen molar-refractivity contribution in [3.63, 3.8) is 0 Å². The minimum Gasteiger partial charge on any atom is -0.343 e. The Morgan fingerprint density at radius 2 is 2.31 bits per heavy atom. The molecule has 1 aliphatic heterocycles. The molecule has 1 amide bonds. The van der Waals surface area contributed by atoms with E-state index in [4.69, 9.17) is 0 Å². The second-order valence-corrected chi connectivity index (χ2v) is 4.20. The SMILES string of the molecule is O=CNC1SCCc2ccccc21. The summed E-state index contributed by atoms with van der Waals surface area (Å²) in [6, 6.07) is 8.29. The minimum atomic E-state index is 0.155. The first-order chi connectivity index (χ1) is 6.42. The predicted molar refractivity (Wildman–Crippen MR) is 54.5 cm³/mol. The molecule has 0 radical (unpaired) electrons. The number of amides is 1. The highest BCUT2D eigenvalue weighted by Crippen LogP contribution is 2.33. The Balaban J connectivity index is 2.31. The Morgan fingerprint density at radius 3 is 3.15 bits per heavy atom. The van der Waals surface area contributed by atoms with Crippen molar-refractivity contribution in [2.75, 3.05) is 5.75 Å². The summed E-state index contributed by atoms with van der Waals surface area (Å²) in [6.45, 7) is 0. The molecule has 0 bridgehead atoms. The third kappa shape index (κ3) is 1.70. The lowest BCUT2D eigenvalue weighted by Gasteiger charge is -2.24. The first kappa shape index (κ1) is 8.63. The number of fused-ring (bicyclic) bond motifs is 1. The summed E-state index contributed by atoms with van der Waals surface area (Å²) >= 11 is 1.79. The van der Waals surface area contributed by atoms with Crippen LogP contribution in [0.2, 0.25) is 0 Å². The second kappa shape index (κ2) is 3.83. The van der Waals surface area contributed by atoms with Gasteiger partial charge in [-0.3, -0.25) is 4.79 Å². The molecular formula is C10H11NOS. The number of hydrogen-bond acceptors (Lipinski definition) is 2. The monoisotopic (exact) mass is 193 g/mol. The van der Waals surface area contributed by atoms with Crippen molar-refractivity contribution < 1.29 is 4.79 Å². The van der Waals surface area contributed by atoms with Gasteiger partial charge in [0, 0.05) is 0 Å². The van der Waals surface area contributed by atoms with Crippen LogP contribution in [0.25, 0.3) is 0 Å². The number of carbonyl (C=O) groups excluding carboxylic acids is 1. The fraction of sp³-hybridized carbons (Fsp3) is 0.300. The fourth-order valence-electron chi connectivity index (χ4n) is 1.59. The molecule has 0 aromatic heterocycles. The highest BCUT2D eigenvalue weighted by Gasteiger charge is 2.18. The van der Waals surface area contributed by atoms with E-state index < -0.39 is 0 Å². The summed E-state index contributed by atoms with van der Waals surface area (Å²) < 4.78 is 0. The maximum Gasteiger partial charge on any atom is 0.208 e. The minimum absolute atomic E-state index is 0.155. The van der Waals surface area contributed by atoms with E-state index in [1.807, 2.05) is 12.1 Å². The van der Waals surface area contributed by atoms with Crippen LogP contribution >= 0.6 is 11.8 Å². The van der Waals surface area contributed by atoms with Gasteiger partial charge in [0.2, 0.25) is 6.41 Å². The predicted octanol–water partition coefficient (Wildman–Crippen LogP) is 1.72. The zero-order valence-electron chi connectivity index (χ0n) is 7.19. The molecule has 68 valence electrons. The molecule has 1 aromatic rings. The number of benzene rings is 1. The van der Waals surface area contributed by atoms with Crippen molar-refractivity contribution in [2.24, 2.45) is 0 Å². The fourth-order valence-corrected chi connectivity index (χ4v) is 2.73. The Morgan fingerprint density at radius 1 is 1.46 bits per heavy atom. The topological polar surface area (TPSA) is 29.1 Å². The lowest BCUT2D eigenvalue weighted by Crippen LogP contribution is -2.21. The zero-order chi connectivity index (χ0) is 9.10. The Hall–Kier alpha value is -0.960. The maximum atomic E-state index is 10.4. The van der Waals surface area contributed by atoms with Gasteiger partial charge in [0.25, 0.3) is 0 Å². The van der Waals surface area contributed by atoms with Crippen LogP contribution in [-0.4, -0.2) is 12.2 Å². The highest BCUT2D eigenvalue weighted by atomic mass is 32.2. The van der Waals surface area contributed by atoms with Crippen LogP contribution in [0, 0.1) is 0 Å². The van der Waals surface area contributed by atoms with Gasteiger partial charge in [-0.05, 0) is 23.3 Å². The molecule has 1 N–H and O–H groups in total. The summed E-state index contributed by atoms with van der Waals surface area (Å²) in [7, 11) is 0. The van der Waals surface area contributed by atoms with E-state index in [-0.39, 0.29) is 5.37 Å². The zero-order valence-corrected chi connectivity index (χ0v) is 8.01.